The van der Waals surface area contributed by atoms with Crippen LogP contribution in [0.25, 0.3) is 0 Å². The van der Waals surface area contributed by atoms with Crippen LogP contribution in [0.5, 0.6) is 5.75 Å². The summed E-state index contributed by atoms with van der Waals surface area (Å²) in [6.07, 6.45) is 1.09. The minimum absolute atomic E-state index is 0.0886. The number of rotatable bonds is 7. The molecule has 1 amide bonds. The van der Waals surface area contributed by atoms with Gasteiger partial charge in [0.05, 0.1) is 12.3 Å². The number of hydrogen-bond donors (Lipinski definition) is 2. The zero-order chi connectivity index (χ0) is 18.4. The molecule has 0 heterocycles. The molecule has 0 unspecified atom stereocenters. The van der Waals surface area contributed by atoms with Crippen molar-refractivity contribution in [3.8, 4) is 5.75 Å². The molecule has 0 saturated carbocycles. The Kier molecular flexibility index (Phi) is 6.03. The van der Waals surface area contributed by atoms with Crippen molar-refractivity contribution in [2.75, 3.05) is 17.6 Å². The summed E-state index contributed by atoms with van der Waals surface area (Å²) < 4.78 is 30.5. The van der Waals surface area contributed by atoms with Crippen LogP contribution in [0.15, 0.2) is 48.5 Å². The normalized spacial score (nSPS) is 12.3. The second kappa shape index (κ2) is 8.02. The summed E-state index contributed by atoms with van der Waals surface area (Å²) in [6.45, 7) is 3.71. The maximum absolute atomic E-state index is 12.0. The molecule has 25 heavy (non-hydrogen) atoms. The zero-order valence-corrected chi connectivity index (χ0v) is 15.3. The van der Waals surface area contributed by atoms with Gasteiger partial charge in [0, 0.05) is 5.69 Å². The van der Waals surface area contributed by atoms with E-state index < -0.39 is 10.0 Å². The van der Waals surface area contributed by atoms with Crippen molar-refractivity contribution in [1.82, 2.24) is 5.32 Å². The highest BCUT2D eigenvalue weighted by atomic mass is 32.2. The molecular formula is C18H22N2O4S. The van der Waals surface area contributed by atoms with Crippen molar-refractivity contribution in [1.29, 1.82) is 0 Å². The highest BCUT2D eigenvalue weighted by Gasteiger charge is 2.11. The van der Waals surface area contributed by atoms with Gasteiger partial charge in [0.2, 0.25) is 10.0 Å². The van der Waals surface area contributed by atoms with E-state index in [9.17, 15) is 13.2 Å². The van der Waals surface area contributed by atoms with E-state index in [2.05, 4.69) is 10.0 Å². The molecule has 2 N–H and O–H groups in total. The Bertz CT molecular complexity index is 832. The van der Waals surface area contributed by atoms with Crippen molar-refractivity contribution in [2.45, 2.75) is 19.9 Å². The molecule has 0 aromatic heterocycles. The fourth-order valence-corrected chi connectivity index (χ4v) is 2.79. The summed E-state index contributed by atoms with van der Waals surface area (Å²) in [6, 6.07) is 14.1. The summed E-state index contributed by atoms with van der Waals surface area (Å²) in [7, 11) is -3.34. The Balaban J connectivity index is 1.92. The van der Waals surface area contributed by atoms with Crippen molar-refractivity contribution in [3.05, 3.63) is 59.7 Å². The predicted octanol–water partition coefficient (Wildman–Crippen LogP) is 2.62. The van der Waals surface area contributed by atoms with Crippen LogP contribution in [-0.4, -0.2) is 27.2 Å². The first-order valence-electron chi connectivity index (χ1n) is 7.79. The van der Waals surface area contributed by atoms with Crippen LogP contribution in [0.3, 0.4) is 0 Å². The van der Waals surface area contributed by atoms with Crippen LogP contribution in [-0.2, 0) is 14.8 Å². The lowest BCUT2D eigenvalue weighted by Crippen LogP contribution is -2.31. The number of nitrogens with one attached hydrogen (secondary N) is 2. The topological polar surface area (TPSA) is 84.5 Å². The van der Waals surface area contributed by atoms with E-state index >= 15 is 0 Å². The standard InChI is InChI=1S/C18H22N2O4S/c1-13-7-9-17(10-8-13)24-12-18(21)19-14(2)15-5-4-6-16(11-15)20-25(3,22)23/h4-11,14,20H,12H2,1-3H3,(H,19,21)/t14-/m0/s1. The van der Waals surface area contributed by atoms with Gasteiger partial charge in [0.25, 0.3) is 5.91 Å². The van der Waals surface area contributed by atoms with E-state index in [-0.39, 0.29) is 18.6 Å². The molecule has 7 heteroatoms. The van der Waals surface area contributed by atoms with Crippen LogP contribution in [0.4, 0.5) is 5.69 Å². The Hall–Kier alpha value is -2.54. The Labute approximate surface area is 148 Å². The number of carbonyl (C=O) groups is 1. The number of anilines is 1. The molecule has 0 bridgehead atoms. The summed E-state index contributed by atoms with van der Waals surface area (Å²) >= 11 is 0. The quantitative estimate of drug-likeness (QED) is 0.793. The van der Waals surface area contributed by atoms with Crippen LogP contribution in [0.2, 0.25) is 0 Å². The number of sulfonamides is 1. The third-order valence-electron chi connectivity index (χ3n) is 3.46. The third kappa shape index (κ3) is 6.46. The van der Waals surface area contributed by atoms with E-state index in [0.29, 0.717) is 11.4 Å². The number of carbonyl (C=O) groups excluding carboxylic acids is 1. The number of ether oxygens (including phenoxy) is 1. The van der Waals surface area contributed by atoms with Crippen molar-refractivity contribution in [3.63, 3.8) is 0 Å². The third-order valence-corrected chi connectivity index (χ3v) is 4.06. The van der Waals surface area contributed by atoms with E-state index in [1.54, 1.807) is 18.2 Å². The second-order valence-corrected chi connectivity index (χ2v) is 7.64. The van der Waals surface area contributed by atoms with E-state index in [1.807, 2.05) is 44.2 Å². The molecule has 0 spiro atoms. The fourth-order valence-electron chi connectivity index (χ4n) is 2.24. The van der Waals surface area contributed by atoms with Gasteiger partial charge in [-0.15, -0.1) is 0 Å². The number of aryl methyl sites for hydroxylation is 1. The molecule has 0 saturated heterocycles. The van der Waals surface area contributed by atoms with Crippen molar-refractivity contribution >= 4 is 21.6 Å². The summed E-state index contributed by atoms with van der Waals surface area (Å²) in [4.78, 5) is 12.0. The van der Waals surface area contributed by atoms with Crippen molar-refractivity contribution < 1.29 is 17.9 Å². The summed E-state index contributed by atoms with van der Waals surface area (Å²) in [5.41, 5.74) is 2.36. The lowest BCUT2D eigenvalue weighted by Gasteiger charge is -2.16. The first kappa shape index (κ1) is 18.8. The maximum Gasteiger partial charge on any atom is 0.258 e. The van der Waals surface area contributed by atoms with E-state index in [0.717, 1.165) is 17.4 Å². The molecule has 0 aliphatic rings. The van der Waals surface area contributed by atoms with Crippen LogP contribution in [0.1, 0.15) is 24.1 Å². The molecule has 2 rings (SSSR count). The van der Waals surface area contributed by atoms with Crippen LogP contribution >= 0.6 is 0 Å². The number of benzene rings is 2. The molecule has 2 aromatic carbocycles. The van der Waals surface area contributed by atoms with Gasteiger partial charge in [0.1, 0.15) is 5.75 Å². The molecule has 0 fully saturated rings. The van der Waals surface area contributed by atoms with Gasteiger partial charge in [-0.1, -0.05) is 29.8 Å². The molecule has 6 nitrogen and oxygen atoms in total. The predicted molar refractivity (Wildman–Crippen MR) is 98.1 cm³/mol. The average molecular weight is 362 g/mol. The second-order valence-electron chi connectivity index (χ2n) is 5.89. The molecular weight excluding hydrogens is 340 g/mol. The van der Waals surface area contributed by atoms with Gasteiger partial charge >= 0.3 is 0 Å². The number of hydrogen-bond acceptors (Lipinski definition) is 4. The lowest BCUT2D eigenvalue weighted by molar-refractivity contribution is -0.123. The van der Waals surface area contributed by atoms with Gasteiger partial charge in [-0.25, -0.2) is 8.42 Å². The molecule has 134 valence electrons. The Morgan fingerprint density at radius 2 is 1.84 bits per heavy atom. The van der Waals surface area contributed by atoms with Crippen molar-refractivity contribution in [2.24, 2.45) is 0 Å². The Morgan fingerprint density at radius 3 is 2.48 bits per heavy atom. The zero-order valence-electron chi connectivity index (χ0n) is 14.4. The van der Waals surface area contributed by atoms with Gasteiger partial charge < -0.3 is 10.1 Å². The van der Waals surface area contributed by atoms with Gasteiger partial charge in [-0.05, 0) is 43.7 Å². The molecule has 0 aliphatic heterocycles. The first-order chi connectivity index (χ1) is 11.7. The summed E-state index contributed by atoms with van der Waals surface area (Å²) in [5, 5.41) is 2.83. The lowest BCUT2D eigenvalue weighted by atomic mass is 10.1. The molecule has 1 atom stereocenters. The van der Waals surface area contributed by atoms with Crippen LogP contribution in [0, 0.1) is 6.92 Å². The van der Waals surface area contributed by atoms with E-state index in [4.69, 9.17) is 4.74 Å². The molecule has 0 aliphatic carbocycles. The first-order valence-corrected chi connectivity index (χ1v) is 9.69. The fraction of sp³-hybridized carbons (Fsp3) is 0.278. The largest absolute Gasteiger partial charge is 0.484 e. The monoisotopic (exact) mass is 362 g/mol. The van der Waals surface area contributed by atoms with Gasteiger partial charge in [-0.2, -0.15) is 0 Å². The minimum atomic E-state index is -3.34. The average Bonchev–Trinajstić information content (AvgIpc) is 2.53. The van der Waals surface area contributed by atoms with E-state index in [1.165, 1.54) is 0 Å². The number of amides is 1. The van der Waals surface area contributed by atoms with Crippen LogP contribution < -0.4 is 14.8 Å². The highest BCUT2D eigenvalue weighted by molar-refractivity contribution is 7.92. The van der Waals surface area contributed by atoms with Gasteiger partial charge in [0.15, 0.2) is 6.61 Å². The summed E-state index contributed by atoms with van der Waals surface area (Å²) in [5.74, 6) is 0.377. The minimum Gasteiger partial charge on any atom is -0.484 e. The molecule has 0 radical (unpaired) electrons. The smallest absolute Gasteiger partial charge is 0.258 e. The highest BCUT2D eigenvalue weighted by Crippen LogP contribution is 2.18. The van der Waals surface area contributed by atoms with Gasteiger partial charge in [-0.3, -0.25) is 9.52 Å². The maximum atomic E-state index is 12.0. The Morgan fingerprint density at radius 1 is 1.16 bits per heavy atom. The molecule has 2 aromatic rings. The SMILES string of the molecule is Cc1ccc(OCC(=O)N[C@@H](C)c2cccc(NS(C)(=O)=O)c2)cc1.